The second-order valence-electron chi connectivity index (χ2n) is 2.06. The molecule has 0 bridgehead atoms. The zero-order valence-electron chi connectivity index (χ0n) is 6.57. The number of hydrogen-bond acceptors (Lipinski definition) is 3. The number of carbonyl (C=O) groups is 1. The third kappa shape index (κ3) is 1.43. The van der Waals surface area contributed by atoms with E-state index in [9.17, 15) is 4.79 Å². The molecule has 0 atom stereocenters. The van der Waals surface area contributed by atoms with Gasteiger partial charge in [0, 0.05) is 12.4 Å². The van der Waals surface area contributed by atoms with Gasteiger partial charge in [0.15, 0.2) is 0 Å². The van der Waals surface area contributed by atoms with E-state index < -0.39 is 5.97 Å². The Morgan fingerprint density at radius 3 is 3.08 bits per heavy atom. The molecule has 12 heavy (non-hydrogen) atoms. The highest BCUT2D eigenvalue weighted by molar-refractivity contribution is 5.91. The Morgan fingerprint density at radius 2 is 2.50 bits per heavy atom. The largest absolute Gasteiger partial charge is 0.465 e. The molecule has 1 heterocycles. The molecule has 0 saturated carbocycles. The highest BCUT2D eigenvalue weighted by Crippen LogP contribution is 2.05. The average Bonchev–Trinajstić information content (AvgIpc) is 2.16. The lowest BCUT2D eigenvalue weighted by atomic mass is 10.1. The Kier molecular flexibility index (Phi) is 2.44. The van der Waals surface area contributed by atoms with Crippen LogP contribution < -0.4 is 0 Å². The van der Waals surface area contributed by atoms with E-state index in [4.69, 9.17) is 6.42 Å². The van der Waals surface area contributed by atoms with E-state index in [1.165, 1.54) is 25.6 Å². The lowest BCUT2D eigenvalue weighted by Crippen LogP contribution is -2.03. The fraction of sp³-hybridized carbons (Fsp3) is 0.111. The molecule has 0 amide bonds. The van der Waals surface area contributed by atoms with Crippen molar-refractivity contribution in [2.75, 3.05) is 7.11 Å². The van der Waals surface area contributed by atoms with Crippen LogP contribution in [0.4, 0.5) is 0 Å². The van der Waals surface area contributed by atoms with Gasteiger partial charge in [0.1, 0.15) is 0 Å². The number of esters is 1. The van der Waals surface area contributed by atoms with Crippen LogP contribution in [0.5, 0.6) is 0 Å². The van der Waals surface area contributed by atoms with Gasteiger partial charge in [-0.1, -0.05) is 5.92 Å². The van der Waals surface area contributed by atoms with Gasteiger partial charge in [-0.3, -0.25) is 4.98 Å². The normalized spacial score (nSPS) is 8.67. The minimum absolute atomic E-state index is 0.370. The second-order valence-corrected chi connectivity index (χ2v) is 2.06. The van der Waals surface area contributed by atoms with Gasteiger partial charge in [-0.2, -0.15) is 0 Å². The summed E-state index contributed by atoms with van der Waals surface area (Å²) in [5.41, 5.74) is 0.819. The van der Waals surface area contributed by atoms with Crippen molar-refractivity contribution >= 4 is 5.97 Å². The van der Waals surface area contributed by atoms with Crippen LogP contribution in [-0.2, 0) is 4.74 Å². The van der Waals surface area contributed by atoms with Crippen LogP contribution in [0.1, 0.15) is 15.9 Å². The molecule has 0 spiro atoms. The minimum atomic E-state index is -0.439. The van der Waals surface area contributed by atoms with Crippen LogP contribution in [-0.4, -0.2) is 18.1 Å². The Morgan fingerprint density at radius 1 is 1.75 bits per heavy atom. The first-order valence-corrected chi connectivity index (χ1v) is 3.28. The fourth-order valence-corrected chi connectivity index (χ4v) is 0.797. The molecule has 1 aromatic heterocycles. The van der Waals surface area contributed by atoms with Crippen molar-refractivity contribution in [2.24, 2.45) is 0 Å². The summed E-state index contributed by atoms with van der Waals surface area (Å²) in [4.78, 5) is 14.8. The molecule has 0 aromatic carbocycles. The van der Waals surface area contributed by atoms with Gasteiger partial charge in [-0.15, -0.1) is 6.42 Å². The number of pyridine rings is 1. The fourth-order valence-electron chi connectivity index (χ4n) is 0.797. The molecule has 0 aliphatic carbocycles. The van der Waals surface area contributed by atoms with Crippen molar-refractivity contribution in [1.82, 2.24) is 4.98 Å². The van der Waals surface area contributed by atoms with Crippen LogP contribution in [0.2, 0.25) is 0 Å². The molecule has 0 fully saturated rings. The third-order valence-corrected chi connectivity index (χ3v) is 1.38. The second kappa shape index (κ2) is 3.54. The average molecular weight is 161 g/mol. The predicted octanol–water partition coefficient (Wildman–Crippen LogP) is 0.849. The minimum Gasteiger partial charge on any atom is -0.465 e. The van der Waals surface area contributed by atoms with Gasteiger partial charge in [0.25, 0.3) is 0 Å². The van der Waals surface area contributed by atoms with Crippen molar-refractivity contribution < 1.29 is 9.53 Å². The molecule has 1 rings (SSSR count). The Hall–Kier alpha value is -1.82. The van der Waals surface area contributed by atoms with Crippen molar-refractivity contribution in [2.45, 2.75) is 0 Å². The molecule has 3 heteroatoms. The molecule has 1 aromatic rings. The van der Waals surface area contributed by atoms with E-state index in [2.05, 4.69) is 15.6 Å². The Balaban J connectivity index is 3.16. The van der Waals surface area contributed by atoms with Gasteiger partial charge >= 0.3 is 5.97 Å². The maximum absolute atomic E-state index is 11.0. The first-order valence-electron chi connectivity index (χ1n) is 3.28. The highest BCUT2D eigenvalue weighted by atomic mass is 16.5. The number of carbonyl (C=O) groups excluding carboxylic acids is 1. The maximum atomic E-state index is 11.0. The summed E-state index contributed by atoms with van der Waals surface area (Å²) in [6, 6.07) is 1.53. The standard InChI is InChI=1S/C9H7NO2/c1-3-7-6-10-5-4-8(7)9(11)12-2/h1,4-6H,2H3. The van der Waals surface area contributed by atoms with E-state index in [1.54, 1.807) is 0 Å². The molecule has 0 aliphatic heterocycles. The first kappa shape index (κ1) is 8.28. The van der Waals surface area contributed by atoms with E-state index in [0.29, 0.717) is 11.1 Å². The molecular formula is C9H7NO2. The van der Waals surface area contributed by atoms with Crippen LogP contribution in [0, 0.1) is 12.3 Å². The summed E-state index contributed by atoms with van der Waals surface area (Å²) in [7, 11) is 1.31. The maximum Gasteiger partial charge on any atom is 0.339 e. The number of rotatable bonds is 1. The van der Waals surface area contributed by atoms with E-state index in [0.717, 1.165) is 0 Å². The summed E-state index contributed by atoms with van der Waals surface area (Å²) >= 11 is 0. The van der Waals surface area contributed by atoms with Gasteiger partial charge in [-0.05, 0) is 6.07 Å². The zero-order chi connectivity index (χ0) is 8.97. The third-order valence-electron chi connectivity index (χ3n) is 1.38. The number of hydrogen-bond donors (Lipinski definition) is 0. The number of ether oxygens (including phenoxy) is 1. The molecular weight excluding hydrogens is 154 g/mol. The summed E-state index contributed by atoms with van der Waals surface area (Å²) in [5.74, 6) is 1.91. The predicted molar refractivity (Wildman–Crippen MR) is 43.5 cm³/mol. The van der Waals surface area contributed by atoms with E-state index >= 15 is 0 Å². The molecule has 60 valence electrons. The lowest BCUT2D eigenvalue weighted by Gasteiger charge is -1.99. The molecule has 0 radical (unpaired) electrons. The van der Waals surface area contributed by atoms with Crippen molar-refractivity contribution in [3.63, 3.8) is 0 Å². The number of terminal acetylenes is 1. The first-order chi connectivity index (χ1) is 5.79. The van der Waals surface area contributed by atoms with Crippen LogP contribution in [0.3, 0.4) is 0 Å². The zero-order valence-corrected chi connectivity index (χ0v) is 6.57. The summed E-state index contributed by atoms with van der Waals surface area (Å²) in [6.07, 6.45) is 8.09. The lowest BCUT2D eigenvalue weighted by molar-refractivity contribution is 0.0600. The highest BCUT2D eigenvalue weighted by Gasteiger charge is 2.08. The summed E-state index contributed by atoms with van der Waals surface area (Å²) in [6.45, 7) is 0. The monoisotopic (exact) mass is 161 g/mol. The number of methoxy groups -OCH3 is 1. The SMILES string of the molecule is C#Cc1cnccc1C(=O)OC. The smallest absolute Gasteiger partial charge is 0.339 e. The molecule has 0 saturated heterocycles. The van der Waals surface area contributed by atoms with Crippen molar-refractivity contribution in [3.8, 4) is 12.3 Å². The van der Waals surface area contributed by atoms with Gasteiger partial charge < -0.3 is 4.74 Å². The van der Waals surface area contributed by atoms with Crippen molar-refractivity contribution in [3.05, 3.63) is 29.6 Å². The van der Waals surface area contributed by atoms with Crippen LogP contribution in [0.25, 0.3) is 0 Å². The van der Waals surface area contributed by atoms with Crippen molar-refractivity contribution in [1.29, 1.82) is 0 Å². The van der Waals surface area contributed by atoms with Gasteiger partial charge in [0.05, 0.1) is 18.2 Å². The van der Waals surface area contributed by atoms with E-state index in [-0.39, 0.29) is 0 Å². The van der Waals surface area contributed by atoms with Gasteiger partial charge in [-0.25, -0.2) is 4.79 Å². The van der Waals surface area contributed by atoms with E-state index in [1.807, 2.05) is 0 Å². The number of aromatic nitrogens is 1. The number of nitrogens with zero attached hydrogens (tertiary/aromatic N) is 1. The molecule has 3 nitrogen and oxygen atoms in total. The van der Waals surface area contributed by atoms with Gasteiger partial charge in [0.2, 0.25) is 0 Å². The molecule has 0 aliphatic rings. The van der Waals surface area contributed by atoms with Crippen LogP contribution >= 0.6 is 0 Å². The summed E-state index contributed by atoms with van der Waals surface area (Å²) < 4.78 is 4.52. The molecule has 0 unspecified atom stereocenters. The Bertz CT molecular complexity index is 339. The topological polar surface area (TPSA) is 39.2 Å². The van der Waals surface area contributed by atoms with Crippen LogP contribution in [0.15, 0.2) is 18.5 Å². The quantitative estimate of drug-likeness (QED) is 0.452. The summed E-state index contributed by atoms with van der Waals surface area (Å²) in [5, 5.41) is 0. The Labute approximate surface area is 70.4 Å². The molecule has 0 N–H and O–H groups in total.